The Bertz CT molecular complexity index is 1060. The number of ether oxygens (including phenoxy) is 1. The molecule has 4 aliphatic rings. The molecule has 0 heterocycles. The van der Waals surface area contributed by atoms with Gasteiger partial charge in [-0.2, -0.15) is 13.7 Å². The highest BCUT2D eigenvalue weighted by molar-refractivity contribution is 7.86. The topological polar surface area (TPSA) is 76.4 Å². The molecule has 0 unspecified atom stereocenters. The van der Waals surface area contributed by atoms with Gasteiger partial charge in [-0.25, -0.2) is 0 Å². The molecular weight excluding hydrogens is 446 g/mol. The molecule has 0 radical (unpaired) electrons. The lowest BCUT2D eigenvalue weighted by Crippen LogP contribution is -2.59. The average molecular weight is 486 g/mol. The predicted molar refractivity (Wildman–Crippen MR) is 130 cm³/mol. The van der Waals surface area contributed by atoms with E-state index in [1.807, 2.05) is 26.2 Å². The summed E-state index contributed by atoms with van der Waals surface area (Å²) in [5.74, 6) is 2.24. The highest BCUT2D eigenvalue weighted by Gasteiger charge is 2.63. The number of benzene rings is 1. The first-order valence-electron chi connectivity index (χ1n) is 13.0. The van der Waals surface area contributed by atoms with Gasteiger partial charge < -0.3 is 4.74 Å². The molecule has 1 aromatic rings. The maximum Gasteiger partial charge on any atom is 0.297 e. The third-order valence-corrected chi connectivity index (χ3v) is 11.9. The Kier molecular flexibility index (Phi) is 6.15. The Morgan fingerprint density at radius 3 is 2.44 bits per heavy atom. The minimum absolute atomic E-state index is 0.0578. The van der Waals surface area contributed by atoms with Gasteiger partial charge in [0.25, 0.3) is 10.1 Å². The number of hydrogen-bond acceptors (Lipinski definition) is 5. The predicted octanol–water partition coefficient (Wildman–Crippen LogP) is 5.88. The zero-order chi connectivity index (χ0) is 24.3. The van der Waals surface area contributed by atoms with Crippen LogP contribution in [0.15, 0.2) is 29.2 Å². The van der Waals surface area contributed by atoms with Gasteiger partial charge in [0.15, 0.2) is 0 Å². The third-order valence-electron chi connectivity index (χ3n) is 10.6. The van der Waals surface area contributed by atoms with Crippen LogP contribution >= 0.6 is 0 Å². The summed E-state index contributed by atoms with van der Waals surface area (Å²) in [5.41, 5.74) is 1.22. The first-order chi connectivity index (χ1) is 16.1. The molecule has 0 aromatic heterocycles. The third kappa shape index (κ3) is 3.74. The lowest BCUT2D eigenvalue weighted by atomic mass is 9.44. The summed E-state index contributed by atoms with van der Waals surface area (Å²) in [6, 6.07) is 9.54. The molecule has 0 N–H and O–H groups in total. The summed E-state index contributed by atoms with van der Waals surface area (Å²) < 4.78 is 37.8. The van der Waals surface area contributed by atoms with E-state index in [1.165, 1.54) is 0 Å². The Balaban J connectivity index is 1.35. The number of nitrogens with zero attached hydrogens (tertiary/aromatic N) is 1. The van der Waals surface area contributed by atoms with Crippen molar-refractivity contribution in [2.45, 2.75) is 89.2 Å². The van der Waals surface area contributed by atoms with Gasteiger partial charge >= 0.3 is 0 Å². The van der Waals surface area contributed by atoms with Crippen molar-refractivity contribution in [3.8, 4) is 6.07 Å². The maximum atomic E-state index is 12.9. The van der Waals surface area contributed by atoms with E-state index in [0.717, 1.165) is 56.9 Å². The minimum atomic E-state index is -3.76. The second-order valence-electron chi connectivity index (χ2n) is 12.1. The van der Waals surface area contributed by atoms with Crippen LogP contribution in [0, 0.1) is 58.7 Å². The first kappa shape index (κ1) is 24.3. The van der Waals surface area contributed by atoms with Crippen LogP contribution in [0.2, 0.25) is 0 Å². The standard InChI is InChI=1S/C28H39NO4S/c1-18-5-9-22(10-6-18)34(30,31)33-21-13-14-27(2)19(15-21)7-11-23-24-12-8-20(17-29)28(24,3)16-25(32-4)26(23)27/h5-6,9-10,19-21,23-26H,7-8,11-16H2,1-4H3/t19-,20+,21+,23-,24-,25-,26+,27-,28+/m0/s1. The zero-order valence-corrected chi connectivity index (χ0v) is 21.8. The Morgan fingerprint density at radius 2 is 1.76 bits per heavy atom. The van der Waals surface area contributed by atoms with Gasteiger partial charge in [-0.15, -0.1) is 0 Å². The number of aryl methyl sites for hydroxylation is 1. The quantitative estimate of drug-likeness (QED) is 0.498. The van der Waals surface area contributed by atoms with Gasteiger partial charge in [-0.3, -0.25) is 4.18 Å². The average Bonchev–Trinajstić information content (AvgIpc) is 3.14. The van der Waals surface area contributed by atoms with Crippen molar-refractivity contribution in [3.05, 3.63) is 29.8 Å². The van der Waals surface area contributed by atoms with E-state index in [0.29, 0.717) is 23.7 Å². The number of nitriles is 1. The van der Waals surface area contributed by atoms with Crippen LogP contribution in [0.5, 0.6) is 0 Å². The van der Waals surface area contributed by atoms with Crippen LogP contribution in [0.3, 0.4) is 0 Å². The Hall–Kier alpha value is -1.42. The van der Waals surface area contributed by atoms with E-state index >= 15 is 0 Å². The summed E-state index contributed by atoms with van der Waals surface area (Å²) >= 11 is 0. The second-order valence-corrected chi connectivity index (χ2v) is 13.7. The molecule has 4 saturated carbocycles. The maximum absolute atomic E-state index is 12.9. The fourth-order valence-corrected chi connectivity index (χ4v) is 9.88. The molecule has 0 spiro atoms. The van der Waals surface area contributed by atoms with Crippen LogP contribution in [-0.4, -0.2) is 27.7 Å². The van der Waals surface area contributed by atoms with Crippen LogP contribution in [0.1, 0.15) is 70.8 Å². The van der Waals surface area contributed by atoms with E-state index in [4.69, 9.17) is 8.92 Å². The summed E-state index contributed by atoms with van der Waals surface area (Å²) in [6.45, 7) is 6.73. The van der Waals surface area contributed by atoms with Gasteiger partial charge in [0.05, 0.1) is 29.1 Å². The van der Waals surface area contributed by atoms with Gasteiger partial charge in [0.2, 0.25) is 0 Å². The van der Waals surface area contributed by atoms with Crippen molar-refractivity contribution < 1.29 is 17.3 Å². The molecule has 9 atom stereocenters. The summed E-state index contributed by atoms with van der Waals surface area (Å²) in [7, 11) is -1.91. The number of methoxy groups -OCH3 is 1. The van der Waals surface area contributed by atoms with Crippen molar-refractivity contribution in [2.24, 2.45) is 40.4 Å². The molecule has 0 saturated heterocycles. The van der Waals surface area contributed by atoms with Crippen LogP contribution in [0.25, 0.3) is 0 Å². The van der Waals surface area contributed by atoms with Crippen LogP contribution < -0.4 is 0 Å². The molecule has 1 aromatic carbocycles. The number of hydrogen-bond donors (Lipinski definition) is 0. The molecule has 0 amide bonds. The van der Waals surface area contributed by atoms with Gasteiger partial charge in [0, 0.05) is 7.11 Å². The molecule has 6 heteroatoms. The monoisotopic (exact) mass is 485 g/mol. The largest absolute Gasteiger partial charge is 0.381 e. The normalized spacial score (nSPS) is 43.9. The summed E-state index contributed by atoms with van der Waals surface area (Å²) in [4.78, 5) is 0.245. The van der Waals surface area contributed by atoms with E-state index in [9.17, 15) is 13.7 Å². The molecule has 4 fully saturated rings. The zero-order valence-electron chi connectivity index (χ0n) is 21.0. The second kappa shape index (κ2) is 8.61. The summed E-state index contributed by atoms with van der Waals surface area (Å²) in [5, 5.41) is 9.83. The lowest BCUT2D eigenvalue weighted by molar-refractivity contribution is -0.181. The molecule has 4 aliphatic carbocycles. The van der Waals surface area contributed by atoms with E-state index in [-0.39, 0.29) is 33.9 Å². The Morgan fingerprint density at radius 1 is 1.03 bits per heavy atom. The molecule has 5 nitrogen and oxygen atoms in total. The fraction of sp³-hybridized carbons (Fsp3) is 0.750. The van der Waals surface area contributed by atoms with Gasteiger partial charge in [-0.1, -0.05) is 31.5 Å². The van der Waals surface area contributed by atoms with Crippen molar-refractivity contribution in [1.29, 1.82) is 5.26 Å². The van der Waals surface area contributed by atoms with Crippen LogP contribution in [-0.2, 0) is 19.0 Å². The van der Waals surface area contributed by atoms with Crippen molar-refractivity contribution in [3.63, 3.8) is 0 Å². The highest BCUT2D eigenvalue weighted by atomic mass is 32.2. The molecule has 5 rings (SSSR count). The van der Waals surface area contributed by atoms with E-state index in [1.54, 1.807) is 12.1 Å². The van der Waals surface area contributed by atoms with E-state index < -0.39 is 10.1 Å². The van der Waals surface area contributed by atoms with Gasteiger partial charge in [0.1, 0.15) is 0 Å². The molecule has 0 bridgehead atoms. The molecular formula is C28H39NO4S. The van der Waals surface area contributed by atoms with E-state index in [2.05, 4.69) is 19.9 Å². The SMILES string of the molecule is CO[C@H]1C[C@]2(C)[C@@H](C#N)CC[C@H]2[C@@H]2CC[C@H]3C[C@H](OS(=O)(=O)c4ccc(C)cc4)CC[C@]3(C)[C@H]21. The first-order valence-corrected chi connectivity index (χ1v) is 14.5. The number of rotatable bonds is 4. The highest BCUT2D eigenvalue weighted by Crippen LogP contribution is 2.67. The van der Waals surface area contributed by atoms with Crippen LogP contribution in [0.4, 0.5) is 0 Å². The minimum Gasteiger partial charge on any atom is -0.381 e. The smallest absolute Gasteiger partial charge is 0.297 e. The van der Waals surface area contributed by atoms with Gasteiger partial charge in [-0.05, 0) is 105 Å². The Labute approximate surface area is 205 Å². The lowest BCUT2D eigenvalue weighted by Gasteiger charge is -2.62. The van der Waals surface area contributed by atoms with Crippen molar-refractivity contribution in [1.82, 2.24) is 0 Å². The van der Waals surface area contributed by atoms with Crippen molar-refractivity contribution in [2.75, 3.05) is 7.11 Å². The summed E-state index contributed by atoms with van der Waals surface area (Å²) in [6.07, 6.45) is 7.85. The molecule has 34 heavy (non-hydrogen) atoms. The number of fused-ring (bicyclic) bond motifs is 5. The molecule has 0 aliphatic heterocycles. The fourth-order valence-electron chi connectivity index (χ4n) is 8.77. The van der Waals surface area contributed by atoms with Crippen molar-refractivity contribution >= 4 is 10.1 Å². The molecule has 186 valence electrons.